The Morgan fingerprint density at radius 3 is 2.48 bits per heavy atom. The minimum atomic E-state index is -1.04. The smallest absolute Gasteiger partial charge is 0.251 e. The monoisotopic (exact) mass is 547 g/mol. The number of rotatable bonds is 8. The summed E-state index contributed by atoms with van der Waals surface area (Å²) in [5.41, 5.74) is 0.602. The van der Waals surface area contributed by atoms with E-state index in [-0.39, 0.29) is 36.9 Å². The van der Waals surface area contributed by atoms with Gasteiger partial charge in [-0.25, -0.2) is 4.39 Å². The van der Waals surface area contributed by atoms with Gasteiger partial charge in [-0.15, -0.1) is 0 Å². The van der Waals surface area contributed by atoms with Gasteiger partial charge in [0.15, 0.2) is 0 Å². The molecule has 0 unspecified atom stereocenters. The van der Waals surface area contributed by atoms with Crippen LogP contribution in [0, 0.1) is 23.1 Å². The van der Waals surface area contributed by atoms with Crippen LogP contribution in [0.4, 0.5) is 10.1 Å². The second kappa shape index (κ2) is 11.5. The fourth-order valence-corrected chi connectivity index (χ4v) is 5.71. The molecule has 9 nitrogen and oxygen atoms in total. The van der Waals surface area contributed by atoms with E-state index in [1.165, 1.54) is 28.9 Å². The third kappa shape index (κ3) is 5.28. The van der Waals surface area contributed by atoms with Gasteiger partial charge in [-0.05, 0) is 62.1 Å². The molecule has 2 aliphatic rings. The average molecular weight is 548 g/mol. The van der Waals surface area contributed by atoms with Crippen LogP contribution in [-0.2, 0) is 19.8 Å². The fourth-order valence-electron chi connectivity index (χ4n) is 5.71. The average Bonchev–Trinajstić information content (AvgIpc) is 3.46. The van der Waals surface area contributed by atoms with Gasteiger partial charge in [-0.2, -0.15) is 5.26 Å². The summed E-state index contributed by atoms with van der Waals surface area (Å²) in [5.74, 6) is -2.09. The number of carbonyl (C=O) groups is 4. The van der Waals surface area contributed by atoms with Crippen molar-refractivity contribution in [2.24, 2.45) is 5.92 Å². The van der Waals surface area contributed by atoms with Gasteiger partial charge in [-0.3, -0.25) is 19.2 Å². The predicted molar refractivity (Wildman–Crippen MR) is 146 cm³/mol. The highest BCUT2D eigenvalue weighted by molar-refractivity contribution is 6.07. The standard InChI is InChI=1S/C30H34FN5O4/c1-5-35(27(38)19(4)33-26(37)20-10-12-21(31)13-11-20)25(14-18(2)3)28(39)36-17-30(15-22(36)16-32)23-8-6-7-9-24(23)34-29(30)40/h6-13,18-19,22,25H,5,14-15,17H2,1-4H3,(H,33,37)(H,34,40)/t19-,22-,25-,30-/m0/s1. The molecule has 1 fully saturated rings. The number of hydrogen-bond donors (Lipinski definition) is 2. The van der Waals surface area contributed by atoms with E-state index in [1.54, 1.807) is 13.0 Å². The second-order valence-electron chi connectivity index (χ2n) is 10.9. The maximum absolute atomic E-state index is 14.1. The third-order valence-electron chi connectivity index (χ3n) is 7.72. The Hall–Kier alpha value is -4.26. The van der Waals surface area contributed by atoms with E-state index in [0.717, 1.165) is 17.7 Å². The van der Waals surface area contributed by atoms with Gasteiger partial charge in [0.2, 0.25) is 17.7 Å². The van der Waals surface area contributed by atoms with Crippen molar-refractivity contribution >= 4 is 29.3 Å². The number of benzene rings is 2. The molecule has 1 saturated heterocycles. The zero-order valence-corrected chi connectivity index (χ0v) is 23.1. The molecule has 2 aliphatic heterocycles. The number of nitrogens with one attached hydrogen (secondary N) is 2. The van der Waals surface area contributed by atoms with E-state index < -0.39 is 47.1 Å². The zero-order chi connectivity index (χ0) is 29.2. The number of nitrogens with zero attached hydrogens (tertiary/aromatic N) is 3. The largest absolute Gasteiger partial charge is 0.341 e. The normalized spacial score (nSPS) is 21.0. The molecule has 4 amide bonds. The van der Waals surface area contributed by atoms with Crippen LogP contribution in [-0.4, -0.2) is 64.6 Å². The van der Waals surface area contributed by atoms with Crippen molar-refractivity contribution in [1.29, 1.82) is 5.26 Å². The number of fused-ring (bicyclic) bond motifs is 2. The number of amides is 4. The van der Waals surface area contributed by atoms with E-state index in [0.29, 0.717) is 12.1 Å². The van der Waals surface area contributed by atoms with Gasteiger partial charge in [0.05, 0.1) is 11.5 Å². The molecule has 2 heterocycles. The molecule has 1 spiro atoms. The number of carbonyl (C=O) groups excluding carboxylic acids is 4. The second-order valence-corrected chi connectivity index (χ2v) is 10.9. The molecule has 0 bridgehead atoms. The summed E-state index contributed by atoms with van der Waals surface area (Å²) in [6.45, 7) is 7.38. The molecule has 40 heavy (non-hydrogen) atoms. The number of anilines is 1. The van der Waals surface area contributed by atoms with E-state index in [1.807, 2.05) is 32.0 Å². The van der Waals surface area contributed by atoms with Gasteiger partial charge >= 0.3 is 0 Å². The molecule has 0 aromatic heterocycles. The first-order valence-corrected chi connectivity index (χ1v) is 13.5. The van der Waals surface area contributed by atoms with Crippen molar-refractivity contribution in [2.45, 2.75) is 64.1 Å². The molecule has 4 rings (SSSR count). The Labute approximate surface area is 233 Å². The maximum Gasteiger partial charge on any atom is 0.251 e. The molecule has 0 aliphatic carbocycles. The van der Waals surface area contributed by atoms with Crippen LogP contribution < -0.4 is 10.6 Å². The van der Waals surface area contributed by atoms with Crippen molar-refractivity contribution < 1.29 is 23.6 Å². The highest BCUT2D eigenvalue weighted by Gasteiger charge is 2.56. The first-order valence-electron chi connectivity index (χ1n) is 13.5. The molecular weight excluding hydrogens is 513 g/mol. The minimum Gasteiger partial charge on any atom is -0.341 e. The quantitative estimate of drug-likeness (QED) is 0.526. The number of likely N-dealkylation sites (N-methyl/N-ethyl adjacent to an activating group) is 1. The number of hydrogen-bond acceptors (Lipinski definition) is 5. The Morgan fingerprint density at radius 1 is 1.18 bits per heavy atom. The first kappa shape index (κ1) is 28.7. The lowest BCUT2D eigenvalue weighted by Gasteiger charge is -2.36. The molecule has 2 aromatic carbocycles. The van der Waals surface area contributed by atoms with E-state index in [9.17, 15) is 28.8 Å². The topological polar surface area (TPSA) is 123 Å². The van der Waals surface area contributed by atoms with E-state index in [4.69, 9.17) is 0 Å². The van der Waals surface area contributed by atoms with Crippen LogP contribution in [0.3, 0.4) is 0 Å². The summed E-state index contributed by atoms with van der Waals surface area (Å²) >= 11 is 0. The highest BCUT2D eigenvalue weighted by atomic mass is 19.1. The lowest BCUT2D eigenvalue weighted by atomic mass is 9.80. The summed E-state index contributed by atoms with van der Waals surface area (Å²) in [6, 6.07) is 11.8. The summed E-state index contributed by atoms with van der Waals surface area (Å²) in [7, 11) is 0. The first-order chi connectivity index (χ1) is 19.0. The number of likely N-dealkylation sites (tertiary alicyclic amines) is 1. The Morgan fingerprint density at radius 2 is 1.85 bits per heavy atom. The summed E-state index contributed by atoms with van der Waals surface area (Å²) < 4.78 is 13.3. The Kier molecular flexibility index (Phi) is 8.24. The Balaban J connectivity index is 1.58. The van der Waals surface area contributed by atoms with Crippen molar-refractivity contribution in [3.63, 3.8) is 0 Å². The Bertz CT molecular complexity index is 1350. The van der Waals surface area contributed by atoms with Crippen molar-refractivity contribution in [1.82, 2.24) is 15.1 Å². The van der Waals surface area contributed by atoms with Crippen molar-refractivity contribution in [3.05, 3.63) is 65.5 Å². The zero-order valence-electron chi connectivity index (χ0n) is 23.1. The number of para-hydroxylation sites is 1. The summed E-state index contributed by atoms with van der Waals surface area (Å²) in [6.07, 6.45) is 0.498. The van der Waals surface area contributed by atoms with Gasteiger partial charge in [-0.1, -0.05) is 32.0 Å². The van der Waals surface area contributed by atoms with Crippen molar-refractivity contribution in [2.75, 3.05) is 18.4 Å². The van der Waals surface area contributed by atoms with E-state index >= 15 is 0 Å². The molecule has 0 radical (unpaired) electrons. The molecule has 210 valence electrons. The predicted octanol–water partition coefficient (Wildman–Crippen LogP) is 3.22. The van der Waals surface area contributed by atoms with Gasteiger partial charge in [0, 0.05) is 30.8 Å². The molecule has 0 saturated carbocycles. The lowest BCUT2D eigenvalue weighted by Crippen LogP contribution is -2.57. The molecule has 2 N–H and O–H groups in total. The maximum atomic E-state index is 14.1. The highest BCUT2D eigenvalue weighted by Crippen LogP contribution is 2.46. The van der Waals surface area contributed by atoms with Crippen LogP contribution in [0.1, 0.15) is 56.5 Å². The van der Waals surface area contributed by atoms with Gasteiger partial charge in [0.25, 0.3) is 5.91 Å². The molecule has 10 heteroatoms. The SMILES string of the molecule is CCN(C(=O)[C@H](C)NC(=O)c1ccc(F)cc1)[C@@H](CC(C)C)C(=O)N1C[C@]2(C[C@H]1C#N)C(=O)Nc1ccccc12. The summed E-state index contributed by atoms with van der Waals surface area (Å²) in [5, 5.41) is 15.5. The van der Waals surface area contributed by atoms with Gasteiger partial charge < -0.3 is 20.4 Å². The third-order valence-corrected chi connectivity index (χ3v) is 7.72. The lowest BCUT2D eigenvalue weighted by molar-refractivity contribution is -0.147. The minimum absolute atomic E-state index is 0.0318. The van der Waals surface area contributed by atoms with E-state index in [2.05, 4.69) is 16.7 Å². The van der Waals surface area contributed by atoms with Crippen LogP contribution in [0.25, 0.3) is 0 Å². The fraction of sp³-hybridized carbons (Fsp3) is 0.433. The van der Waals surface area contributed by atoms with Crippen molar-refractivity contribution in [3.8, 4) is 6.07 Å². The van der Waals surface area contributed by atoms with Gasteiger partial charge in [0.1, 0.15) is 23.9 Å². The molecule has 4 atom stereocenters. The van der Waals surface area contributed by atoms with Crippen LogP contribution in [0.15, 0.2) is 48.5 Å². The molecular formula is C30H34FN5O4. The van der Waals surface area contributed by atoms with Crippen LogP contribution >= 0.6 is 0 Å². The number of halogens is 1. The van der Waals surface area contributed by atoms with Crippen LogP contribution in [0.2, 0.25) is 0 Å². The number of nitriles is 1. The molecule has 2 aromatic rings. The van der Waals surface area contributed by atoms with Crippen LogP contribution in [0.5, 0.6) is 0 Å². The summed E-state index contributed by atoms with van der Waals surface area (Å²) in [4.78, 5) is 56.5.